The summed E-state index contributed by atoms with van der Waals surface area (Å²) in [6.07, 6.45) is 2.92. The Morgan fingerprint density at radius 1 is 0.952 bits per heavy atom. The van der Waals surface area contributed by atoms with E-state index in [-0.39, 0.29) is 0 Å². The molecule has 0 saturated heterocycles. The van der Waals surface area contributed by atoms with Crippen LogP contribution in [0.1, 0.15) is 23.6 Å². The van der Waals surface area contributed by atoms with E-state index in [4.69, 9.17) is 0 Å². The highest BCUT2D eigenvalue weighted by molar-refractivity contribution is 5.93. The number of aryl methyl sites for hydroxylation is 2. The maximum atomic E-state index is 4.49. The Bertz CT molecular complexity index is 762. The zero-order valence-corrected chi connectivity index (χ0v) is 12.6. The van der Waals surface area contributed by atoms with E-state index in [0.717, 1.165) is 24.2 Å². The molecule has 3 aromatic rings. The van der Waals surface area contributed by atoms with Gasteiger partial charge in [0.05, 0.1) is 5.52 Å². The van der Waals surface area contributed by atoms with Gasteiger partial charge in [0.1, 0.15) is 0 Å². The van der Waals surface area contributed by atoms with Crippen molar-refractivity contribution in [3.63, 3.8) is 0 Å². The molecule has 2 nitrogen and oxygen atoms in total. The van der Waals surface area contributed by atoms with Gasteiger partial charge in [0.25, 0.3) is 0 Å². The summed E-state index contributed by atoms with van der Waals surface area (Å²) in [5.74, 6) is 0. The number of nitrogens with zero attached hydrogens (tertiary/aromatic N) is 1. The van der Waals surface area contributed by atoms with Gasteiger partial charge in [-0.1, -0.05) is 37.3 Å². The zero-order chi connectivity index (χ0) is 14.7. The molecule has 0 fully saturated rings. The van der Waals surface area contributed by atoms with Gasteiger partial charge in [-0.15, -0.1) is 0 Å². The minimum absolute atomic E-state index is 0.844. The van der Waals surface area contributed by atoms with E-state index in [9.17, 15) is 0 Å². The highest BCUT2D eigenvalue weighted by Gasteiger charge is 2.05. The number of benzene rings is 2. The van der Waals surface area contributed by atoms with Gasteiger partial charge < -0.3 is 5.32 Å². The average Bonchev–Trinajstić information content (AvgIpc) is 2.55. The maximum Gasteiger partial charge on any atom is 0.0751 e. The molecular formula is C19H20N2. The fourth-order valence-corrected chi connectivity index (χ4v) is 2.73. The smallest absolute Gasteiger partial charge is 0.0751 e. The minimum Gasteiger partial charge on any atom is -0.380 e. The Balaban J connectivity index is 1.91. The average molecular weight is 276 g/mol. The summed E-state index contributed by atoms with van der Waals surface area (Å²) < 4.78 is 0. The van der Waals surface area contributed by atoms with Gasteiger partial charge in [-0.25, -0.2) is 0 Å². The van der Waals surface area contributed by atoms with Crippen LogP contribution in [0.25, 0.3) is 10.9 Å². The number of rotatable bonds is 4. The molecule has 0 atom stereocenters. The van der Waals surface area contributed by atoms with E-state index in [1.165, 1.54) is 22.1 Å². The number of nitrogens with one attached hydrogen (secondary N) is 1. The molecule has 0 radical (unpaired) electrons. The van der Waals surface area contributed by atoms with Gasteiger partial charge in [-0.3, -0.25) is 4.98 Å². The fourth-order valence-electron chi connectivity index (χ4n) is 2.73. The predicted octanol–water partition coefficient (Wildman–Crippen LogP) is 4.72. The second-order valence-corrected chi connectivity index (χ2v) is 5.31. The van der Waals surface area contributed by atoms with Crippen molar-refractivity contribution >= 4 is 16.6 Å². The third kappa shape index (κ3) is 2.75. The summed E-state index contributed by atoms with van der Waals surface area (Å²) in [7, 11) is 0. The second kappa shape index (κ2) is 5.96. The van der Waals surface area contributed by atoms with Crippen LogP contribution < -0.4 is 5.32 Å². The van der Waals surface area contributed by atoms with Crippen molar-refractivity contribution in [3.8, 4) is 0 Å². The van der Waals surface area contributed by atoms with Gasteiger partial charge in [0, 0.05) is 23.8 Å². The number of aromatic nitrogens is 1. The lowest BCUT2D eigenvalue weighted by Gasteiger charge is -2.13. The van der Waals surface area contributed by atoms with Crippen molar-refractivity contribution in [2.45, 2.75) is 26.8 Å². The standard InChI is InChI=1S/C19H20N2/c1-3-15-7-4-5-8-16(15)13-21-18-11-10-14(2)19-17(18)9-6-12-20-19/h4-12,21H,3,13H2,1-2H3. The van der Waals surface area contributed by atoms with Gasteiger partial charge in [0.2, 0.25) is 0 Å². The molecule has 2 aromatic carbocycles. The lowest BCUT2D eigenvalue weighted by Crippen LogP contribution is -2.03. The lowest BCUT2D eigenvalue weighted by atomic mass is 10.0. The highest BCUT2D eigenvalue weighted by atomic mass is 14.9. The van der Waals surface area contributed by atoms with Crippen molar-refractivity contribution in [2.24, 2.45) is 0 Å². The molecule has 0 bridgehead atoms. The number of hydrogen-bond donors (Lipinski definition) is 1. The SMILES string of the molecule is CCc1ccccc1CNc1ccc(C)c2ncccc12. The van der Waals surface area contributed by atoms with Crippen LogP contribution in [-0.2, 0) is 13.0 Å². The molecule has 1 heterocycles. The largest absolute Gasteiger partial charge is 0.380 e. The zero-order valence-electron chi connectivity index (χ0n) is 12.6. The monoisotopic (exact) mass is 276 g/mol. The number of fused-ring (bicyclic) bond motifs is 1. The summed E-state index contributed by atoms with van der Waals surface area (Å²) >= 11 is 0. The second-order valence-electron chi connectivity index (χ2n) is 5.31. The van der Waals surface area contributed by atoms with Gasteiger partial charge in [-0.2, -0.15) is 0 Å². The van der Waals surface area contributed by atoms with E-state index in [2.05, 4.69) is 66.6 Å². The number of hydrogen-bond acceptors (Lipinski definition) is 2. The Morgan fingerprint density at radius 2 is 1.76 bits per heavy atom. The molecule has 3 rings (SSSR count). The maximum absolute atomic E-state index is 4.49. The molecule has 0 aliphatic carbocycles. The van der Waals surface area contributed by atoms with Crippen molar-refractivity contribution in [3.05, 3.63) is 71.4 Å². The first kappa shape index (κ1) is 13.6. The molecule has 0 unspecified atom stereocenters. The van der Waals surface area contributed by atoms with Gasteiger partial charge in [-0.05, 0) is 48.2 Å². The van der Waals surface area contributed by atoms with Crippen LogP contribution in [-0.4, -0.2) is 4.98 Å². The molecule has 0 aliphatic rings. The lowest BCUT2D eigenvalue weighted by molar-refractivity contribution is 1.05. The molecule has 106 valence electrons. The van der Waals surface area contributed by atoms with Crippen LogP contribution in [0.5, 0.6) is 0 Å². The van der Waals surface area contributed by atoms with Crippen LogP contribution in [0.4, 0.5) is 5.69 Å². The molecule has 0 spiro atoms. The first-order valence-electron chi connectivity index (χ1n) is 7.44. The summed E-state index contributed by atoms with van der Waals surface area (Å²) in [5, 5.41) is 4.75. The van der Waals surface area contributed by atoms with Crippen molar-refractivity contribution in [1.82, 2.24) is 4.98 Å². The Morgan fingerprint density at radius 3 is 2.57 bits per heavy atom. The normalized spacial score (nSPS) is 10.8. The van der Waals surface area contributed by atoms with Crippen molar-refractivity contribution in [2.75, 3.05) is 5.32 Å². The van der Waals surface area contributed by atoms with Gasteiger partial charge >= 0.3 is 0 Å². The Hall–Kier alpha value is -2.35. The van der Waals surface area contributed by atoms with E-state index < -0.39 is 0 Å². The molecule has 2 heteroatoms. The number of anilines is 1. The third-order valence-electron chi connectivity index (χ3n) is 3.94. The number of pyridine rings is 1. The van der Waals surface area contributed by atoms with E-state index in [0.29, 0.717) is 0 Å². The summed E-state index contributed by atoms with van der Waals surface area (Å²) in [4.78, 5) is 4.49. The summed E-state index contributed by atoms with van der Waals surface area (Å²) in [6, 6.07) is 17.0. The molecule has 1 N–H and O–H groups in total. The minimum atomic E-state index is 0.844. The Labute approximate surface area is 125 Å². The Kier molecular flexibility index (Phi) is 3.87. The van der Waals surface area contributed by atoms with Crippen LogP contribution in [0, 0.1) is 6.92 Å². The molecule has 0 aliphatic heterocycles. The summed E-state index contributed by atoms with van der Waals surface area (Å²) in [6.45, 7) is 5.15. The van der Waals surface area contributed by atoms with Crippen LogP contribution >= 0.6 is 0 Å². The first-order chi connectivity index (χ1) is 10.3. The molecule has 1 aromatic heterocycles. The van der Waals surface area contributed by atoms with E-state index >= 15 is 0 Å². The van der Waals surface area contributed by atoms with Crippen molar-refractivity contribution < 1.29 is 0 Å². The molecule has 0 saturated carbocycles. The van der Waals surface area contributed by atoms with Gasteiger partial charge in [0.15, 0.2) is 0 Å². The highest BCUT2D eigenvalue weighted by Crippen LogP contribution is 2.25. The first-order valence-corrected chi connectivity index (χ1v) is 7.44. The van der Waals surface area contributed by atoms with Crippen LogP contribution in [0.2, 0.25) is 0 Å². The van der Waals surface area contributed by atoms with Crippen LogP contribution in [0.15, 0.2) is 54.7 Å². The summed E-state index contributed by atoms with van der Waals surface area (Å²) in [5.41, 5.74) is 6.20. The predicted molar refractivity (Wildman–Crippen MR) is 89.6 cm³/mol. The fraction of sp³-hybridized carbons (Fsp3) is 0.211. The topological polar surface area (TPSA) is 24.9 Å². The van der Waals surface area contributed by atoms with E-state index in [1.807, 2.05) is 12.3 Å². The van der Waals surface area contributed by atoms with Crippen molar-refractivity contribution in [1.29, 1.82) is 0 Å². The van der Waals surface area contributed by atoms with E-state index in [1.54, 1.807) is 0 Å². The van der Waals surface area contributed by atoms with Crippen LogP contribution in [0.3, 0.4) is 0 Å². The molecule has 21 heavy (non-hydrogen) atoms. The molecular weight excluding hydrogens is 256 g/mol. The third-order valence-corrected chi connectivity index (χ3v) is 3.94. The molecule has 0 amide bonds. The quantitative estimate of drug-likeness (QED) is 0.746.